The number of aryl methyl sites for hydroxylation is 1. The van der Waals surface area contributed by atoms with Gasteiger partial charge in [-0.1, -0.05) is 29.8 Å². The molecule has 0 saturated heterocycles. The molecule has 0 spiro atoms. The largest absolute Gasteiger partial charge is 0.469 e. The van der Waals surface area contributed by atoms with Gasteiger partial charge in [0.25, 0.3) is 0 Å². The summed E-state index contributed by atoms with van der Waals surface area (Å²) in [7, 11) is 1.30. The molecule has 0 radical (unpaired) electrons. The predicted molar refractivity (Wildman–Crippen MR) is 80.5 cm³/mol. The van der Waals surface area contributed by atoms with Gasteiger partial charge in [0.1, 0.15) is 0 Å². The number of hydrogen-bond acceptors (Lipinski definition) is 4. The molecule has 1 N–H and O–H groups in total. The lowest BCUT2D eigenvalue weighted by Gasteiger charge is -2.19. The molecular formula is C16H21NO4. The molecule has 0 aliphatic rings. The van der Waals surface area contributed by atoms with Crippen molar-refractivity contribution in [3.63, 3.8) is 0 Å². The maximum atomic E-state index is 12.1. The van der Waals surface area contributed by atoms with Gasteiger partial charge >= 0.3 is 5.97 Å². The maximum absolute atomic E-state index is 12.1. The number of ether oxygens (including phenoxy) is 1. The molecule has 0 bridgehead atoms. The molecule has 1 amide bonds. The van der Waals surface area contributed by atoms with E-state index in [0.717, 1.165) is 11.1 Å². The minimum Gasteiger partial charge on any atom is -0.469 e. The normalized spacial score (nSPS) is 10.6. The van der Waals surface area contributed by atoms with Crippen LogP contribution in [0.4, 0.5) is 0 Å². The summed E-state index contributed by atoms with van der Waals surface area (Å²) in [5, 5.41) is 8.99. The predicted octanol–water partition coefficient (Wildman–Crippen LogP) is 1.39. The van der Waals surface area contributed by atoms with Crippen molar-refractivity contribution in [3.05, 3.63) is 41.5 Å². The SMILES string of the molecule is COC(=O)CCN(CCO)C(=O)/C=C/c1ccc(C)cc1. The number of aliphatic hydroxyl groups excluding tert-OH is 1. The van der Waals surface area contributed by atoms with Gasteiger partial charge in [-0.3, -0.25) is 9.59 Å². The summed E-state index contributed by atoms with van der Waals surface area (Å²) in [5.74, 6) is -0.623. The molecule has 5 heteroatoms. The fourth-order valence-electron chi connectivity index (χ4n) is 1.73. The number of amides is 1. The van der Waals surface area contributed by atoms with Crippen LogP contribution in [0.5, 0.6) is 0 Å². The molecule has 1 aromatic rings. The van der Waals surface area contributed by atoms with Gasteiger partial charge in [0.05, 0.1) is 20.1 Å². The zero-order valence-corrected chi connectivity index (χ0v) is 12.4. The first-order valence-corrected chi connectivity index (χ1v) is 6.78. The van der Waals surface area contributed by atoms with E-state index in [-0.39, 0.29) is 38.0 Å². The van der Waals surface area contributed by atoms with E-state index in [0.29, 0.717) is 0 Å². The standard InChI is InChI=1S/C16H21NO4/c1-13-3-5-14(6-4-13)7-8-15(19)17(11-12-18)10-9-16(20)21-2/h3-8,18H,9-12H2,1-2H3/b8-7+. The van der Waals surface area contributed by atoms with Crippen LogP contribution in [-0.4, -0.2) is 48.7 Å². The van der Waals surface area contributed by atoms with Gasteiger partial charge < -0.3 is 14.7 Å². The molecule has 114 valence electrons. The number of aliphatic hydroxyl groups is 1. The van der Waals surface area contributed by atoms with E-state index in [2.05, 4.69) is 4.74 Å². The van der Waals surface area contributed by atoms with Gasteiger partial charge in [-0.15, -0.1) is 0 Å². The number of carbonyl (C=O) groups is 2. The fourth-order valence-corrected chi connectivity index (χ4v) is 1.73. The second kappa shape index (κ2) is 8.92. The van der Waals surface area contributed by atoms with Crippen LogP contribution >= 0.6 is 0 Å². The Morgan fingerprint density at radius 2 is 1.90 bits per heavy atom. The van der Waals surface area contributed by atoms with Crippen molar-refractivity contribution in [3.8, 4) is 0 Å². The zero-order chi connectivity index (χ0) is 15.7. The summed E-state index contributed by atoms with van der Waals surface area (Å²) in [6, 6.07) is 7.77. The summed E-state index contributed by atoms with van der Waals surface area (Å²) in [5.41, 5.74) is 2.07. The van der Waals surface area contributed by atoms with Crippen molar-refractivity contribution in [2.45, 2.75) is 13.3 Å². The van der Waals surface area contributed by atoms with Gasteiger partial charge in [0.2, 0.25) is 5.91 Å². The molecule has 0 aliphatic heterocycles. The molecule has 0 heterocycles. The Bertz CT molecular complexity index is 494. The van der Waals surface area contributed by atoms with Crippen molar-refractivity contribution in [1.29, 1.82) is 0 Å². The van der Waals surface area contributed by atoms with Crippen LogP contribution < -0.4 is 0 Å². The second-order valence-corrected chi connectivity index (χ2v) is 4.62. The Kier molecular flexibility index (Phi) is 7.18. The topological polar surface area (TPSA) is 66.8 Å². The Morgan fingerprint density at radius 3 is 2.48 bits per heavy atom. The highest BCUT2D eigenvalue weighted by Crippen LogP contribution is 2.06. The highest BCUT2D eigenvalue weighted by atomic mass is 16.5. The van der Waals surface area contributed by atoms with Crippen molar-refractivity contribution >= 4 is 18.0 Å². The van der Waals surface area contributed by atoms with Crippen LogP contribution in [0.2, 0.25) is 0 Å². The molecule has 0 fully saturated rings. The lowest BCUT2D eigenvalue weighted by molar-refractivity contribution is -0.141. The molecule has 0 aliphatic carbocycles. The monoisotopic (exact) mass is 291 g/mol. The van der Waals surface area contributed by atoms with Crippen LogP contribution in [0.25, 0.3) is 6.08 Å². The highest BCUT2D eigenvalue weighted by molar-refractivity contribution is 5.92. The smallest absolute Gasteiger partial charge is 0.307 e. The average Bonchev–Trinajstić information content (AvgIpc) is 2.50. The number of nitrogens with zero attached hydrogens (tertiary/aromatic N) is 1. The summed E-state index contributed by atoms with van der Waals surface area (Å²) >= 11 is 0. The number of benzene rings is 1. The molecule has 0 aromatic heterocycles. The number of esters is 1. The second-order valence-electron chi connectivity index (χ2n) is 4.62. The third kappa shape index (κ3) is 6.23. The Labute approximate surface area is 124 Å². The minimum absolute atomic E-state index is 0.112. The van der Waals surface area contributed by atoms with Crippen molar-refractivity contribution in [2.75, 3.05) is 26.8 Å². The summed E-state index contributed by atoms with van der Waals surface area (Å²) in [6.45, 7) is 2.26. The summed E-state index contributed by atoms with van der Waals surface area (Å²) < 4.78 is 4.54. The molecule has 1 rings (SSSR count). The molecule has 0 atom stereocenters. The molecule has 0 unspecified atom stereocenters. The van der Waals surface area contributed by atoms with E-state index < -0.39 is 0 Å². The third-order valence-corrected chi connectivity index (χ3v) is 2.99. The van der Waals surface area contributed by atoms with E-state index in [1.165, 1.54) is 18.1 Å². The van der Waals surface area contributed by atoms with Crippen molar-refractivity contribution in [2.24, 2.45) is 0 Å². The van der Waals surface area contributed by atoms with E-state index >= 15 is 0 Å². The first kappa shape index (κ1) is 16.9. The van der Waals surface area contributed by atoms with E-state index in [1.54, 1.807) is 6.08 Å². The molecule has 5 nitrogen and oxygen atoms in total. The molecule has 1 aromatic carbocycles. The zero-order valence-electron chi connectivity index (χ0n) is 12.4. The maximum Gasteiger partial charge on any atom is 0.307 e. The Balaban J connectivity index is 2.63. The number of rotatable bonds is 7. The van der Waals surface area contributed by atoms with Gasteiger partial charge in [0.15, 0.2) is 0 Å². The van der Waals surface area contributed by atoms with Crippen LogP contribution in [0.15, 0.2) is 30.3 Å². The van der Waals surface area contributed by atoms with E-state index in [9.17, 15) is 9.59 Å². The lowest BCUT2D eigenvalue weighted by atomic mass is 10.1. The van der Waals surface area contributed by atoms with E-state index in [1.807, 2.05) is 31.2 Å². The van der Waals surface area contributed by atoms with Gasteiger partial charge in [0, 0.05) is 19.2 Å². The van der Waals surface area contributed by atoms with Gasteiger partial charge in [-0.05, 0) is 18.6 Å². The molecule has 0 saturated carbocycles. The summed E-state index contributed by atoms with van der Waals surface area (Å²) in [6.07, 6.45) is 3.27. The van der Waals surface area contributed by atoms with Gasteiger partial charge in [-0.25, -0.2) is 0 Å². The first-order chi connectivity index (χ1) is 10.1. The van der Waals surface area contributed by atoms with Crippen LogP contribution in [0.3, 0.4) is 0 Å². The number of carbonyl (C=O) groups excluding carboxylic acids is 2. The Morgan fingerprint density at radius 1 is 1.24 bits per heavy atom. The number of hydrogen-bond donors (Lipinski definition) is 1. The fraction of sp³-hybridized carbons (Fsp3) is 0.375. The third-order valence-electron chi connectivity index (χ3n) is 2.99. The van der Waals surface area contributed by atoms with Gasteiger partial charge in [-0.2, -0.15) is 0 Å². The Hall–Kier alpha value is -2.14. The van der Waals surface area contributed by atoms with Crippen molar-refractivity contribution < 1.29 is 19.4 Å². The average molecular weight is 291 g/mol. The summed E-state index contributed by atoms with van der Waals surface area (Å²) in [4.78, 5) is 24.6. The number of methoxy groups -OCH3 is 1. The molecular weight excluding hydrogens is 270 g/mol. The lowest BCUT2D eigenvalue weighted by Crippen LogP contribution is -2.34. The van der Waals surface area contributed by atoms with E-state index in [4.69, 9.17) is 5.11 Å². The first-order valence-electron chi connectivity index (χ1n) is 6.78. The minimum atomic E-state index is -0.381. The van der Waals surface area contributed by atoms with Crippen molar-refractivity contribution in [1.82, 2.24) is 4.90 Å². The van der Waals surface area contributed by atoms with Crippen LogP contribution in [0, 0.1) is 6.92 Å². The quantitative estimate of drug-likeness (QED) is 0.609. The highest BCUT2D eigenvalue weighted by Gasteiger charge is 2.12. The van der Waals surface area contributed by atoms with Crippen LogP contribution in [0.1, 0.15) is 17.5 Å². The molecule has 21 heavy (non-hydrogen) atoms. The van der Waals surface area contributed by atoms with Crippen LogP contribution in [-0.2, 0) is 14.3 Å².